The number of hydrogen-bond donors (Lipinski definition) is 0. The first-order chi connectivity index (χ1) is 11.7. The summed E-state index contributed by atoms with van der Waals surface area (Å²) in [6.07, 6.45) is 0.173. The number of hydrogen-bond acceptors (Lipinski definition) is 0. The Bertz CT molecular complexity index is 503. The molecule has 0 aromatic carbocycles. The van der Waals surface area contributed by atoms with Crippen LogP contribution in [0.1, 0.15) is 41.5 Å². The normalized spacial score (nSPS) is 21.6. The Labute approximate surface area is 185 Å². The minimum Gasteiger partial charge on any atom is -0.0668 e. The van der Waals surface area contributed by atoms with Crippen molar-refractivity contribution in [3.63, 3.8) is 0 Å². The van der Waals surface area contributed by atoms with Crippen molar-refractivity contribution in [2.75, 3.05) is 0 Å². The van der Waals surface area contributed by atoms with E-state index in [0.717, 1.165) is 12.3 Å². The van der Waals surface area contributed by atoms with Crippen molar-refractivity contribution >= 4 is 55.5 Å². The molecule has 0 aromatic heterocycles. The van der Waals surface area contributed by atoms with E-state index >= 15 is 0 Å². The molecule has 0 unspecified atom stereocenters. The highest BCUT2D eigenvalue weighted by Gasteiger charge is 3.01. The summed E-state index contributed by atoms with van der Waals surface area (Å²) < 4.78 is 0. The van der Waals surface area contributed by atoms with E-state index in [9.17, 15) is 0 Å². The van der Waals surface area contributed by atoms with Crippen LogP contribution in [-0.2, 0) is 0 Å². The smallest absolute Gasteiger partial charge is 0.0668 e. The van der Waals surface area contributed by atoms with Gasteiger partial charge >= 0.3 is 12.3 Å². The Hall–Kier alpha value is 1.86. The molecule has 0 nitrogen and oxygen atoms in total. The van der Waals surface area contributed by atoms with Crippen LogP contribution in [0.2, 0.25) is 89.2 Å². The maximum absolute atomic E-state index is 2.80. The van der Waals surface area contributed by atoms with E-state index in [2.05, 4.69) is 120 Å². The molecular formula is C20H54B2P2Si4+2. The quantitative estimate of drug-likeness (QED) is 0.272. The lowest BCUT2D eigenvalue weighted by Gasteiger charge is -2.73. The second-order valence-electron chi connectivity index (χ2n) is 15.7. The van der Waals surface area contributed by atoms with Gasteiger partial charge in [-0.1, -0.05) is 53.8 Å². The molecule has 1 aliphatic rings. The fraction of sp³-hybridized carbons (Fsp3) is 1.00. The predicted octanol–water partition coefficient (Wildman–Crippen LogP) is 9.95. The summed E-state index contributed by atoms with van der Waals surface area (Å²) in [5.41, 5.74) is 0. The monoisotopic (exact) mass is 490 g/mol. The first kappa shape index (κ1) is 27.9. The summed E-state index contributed by atoms with van der Waals surface area (Å²) in [5, 5.41) is 0.953. The van der Waals surface area contributed by atoms with E-state index in [-0.39, 0.29) is 0 Å². The van der Waals surface area contributed by atoms with Gasteiger partial charge in [-0.3, -0.25) is 0 Å². The molecule has 0 radical (unpaired) electrons. The Balaban J connectivity index is 4.32. The lowest BCUT2D eigenvalue weighted by Crippen LogP contribution is -2.75. The summed E-state index contributed by atoms with van der Waals surface area (Å²) in [6.45, 7) is 49.7. The highest BCUT2D eigenvalue weighted by Crippen LogP contribution is 3.08. The Morgan fingerprint density at radius 3 is 0.607 bits per heavy atom. The third-order valence-corrected chi connectivity index (χ3v) is 89.2. The van der Waals surface area contributed by atoms with Crippen LogP contribution in [0.15, 0.2) is 0 Å². The SMILES string of the molecule is CC(C)(C)B1[P+]([Si](C)(C)C)([Si](C)(C)C)B(C(C)(C)C)[P+]1([Si](C)(C)C)[Si](C)(C)C. The van der Waals surface area contributed by atoms with Crippen LogP contribution in [0.5, 0.6) is 0 Å². The molecule has 164 valence electrons. The zero-order valence-corrected chi connectivity index (χ0v) is 28.8. The van der Waals surface area contributed by atoms with Crippen molar-refractivity contribution in [1.82, 2.24) is 0 Å². The molecule has 0 aliphatic carbocycles. The summed E-state index contributed by atoms with van der Waals surface area (Å²) >= 11 is 0. The first-order valence-electron chi connectivity index (χ1n) is 11.5. The molecule has 1 aliphatic heterocycles. The molecule has 1 saturated heterocycles. The molecule has 0 atom stereocenters. The predicted molar refractivity (Wildman–Crippen MR) is 158 cm³/mol. The molecule has 0 spiro atoms. The van der Waals surface area contributed by atoms with E-state index in [1.165, 1.54) is 0 Å². The van der Waals surface area contributed by atoms with E-state index in [1.807, 2.05) is 0 Å². The van der Waals surface area contributed by atoms with Gasteiger partial charge in [0.2, 0.25) is 0 Å². The Kier molecular flexibility index (Phi) is 7.15. The highest BCUT2D eigenvalue weighted by molar-refractivity contribution is 8.97. The third-order valence-electron chi connectivity index (χ3n) is 7.53. The van der Waals surface area contributed by atoms with Crippen molar-refractivity contribution in [3.8, 4) is 0 Å². The average molecular weight is 491 g/mol. The van der Waals surface area contributed by atoms with Crippen LogP contribution >= 0.6 is 12.2 Å². The maximum Gasteiger partial charge on any atom is 0.454 e. The van der Waals surface area contributed by atoms with Crippen LogP contribution in [0.4, 0.5) is 0 Å². The fourth-order valence-electron chi connectivity index (χ4n) is 8.16. The van der Waals surface area contributed by atoms with Gasteiger partial charge in [-0.2, -0.15) is 0 Å². The van der Waals surface area contributed by atoms with Gasteiger partial charge in [-0.15, -0.1) is 0 Å². The molecule has 1 heterocycles. The van der Waals surface area contributed by atoms with Gasteiger partial charge in [0, 0.05) is 10.6 Å². The van der Waals surface area contributed by atoms with Crippen LogP contribution < -0.4 is 0 Å². The second kappa shape index (κ2) is 7.18. The van der Waals surface area contributed by atoms with E-state index in [0.29, 0.717) is 10.6 Å². The van der Waals surface area contributed by atoms with Gasteiger partial charge in [0.15, 0.2) is 31.0 Å². The zero-order valence-electron chi connectivity index (χ0n) is 23.0. The van der Waals surface area contributed by atoms with Crippen molar-refractivity contribution in [2.45, 2.75) is 131 Å². The van der Waals surface area contributed by atoms with E-state index in [4.69, 9.17) is 0 Å². The van der Waals surface area contributed by atoms with Gasteiger partial charge in [0.25, 0.3) is 0 Å². The van der Waals surface area contributed by atoms with Gasteiger partial charge in [0.05, 0.1) is 0 Å². The number of rotatable bonds is 4. The molecule has 28 heavy (non-hydrogen) atoms. The topological polar surface area (TPSA) is 0 Å². The van der Waals surface area contributed by atoms with Crippen molar-refractivity contribution in [2.24, 2.45) is 0 Å². The molecule has 1 fully saturated rings. The first-order valence-corrected chi connectivity index (χ1v) is 32.7. The molecule has 8 heteroatoms. The molecule has 0 aromatic rings. The highest BCUT2D eigenvalue weighted by atomic mass is 31.7. The van der Waals surface area contributed by atoms with Gasteiger partial charge < -0.3 is 0 Å². The molecule has 0 N–H and O–H groups in total. The zero-order chi connectivity index (χ0) is 23.2. The summed E-state index contributed by atoms with van der Waals surface area (Å²) in [6, 6.07) is 0. The lowest BCUT2D eigenvalue weighted by atomic mass is 9.68. The van der Waals surface area contributed by atoms with Crippen LogP contribution in [0.25, 0.3) is 0 Å². The largest absolute Gasteiger partial charge is 0.454 e. The van der Waals surface area contributed by atoms with Gasteiger partial charge in [-0.25, -0.2) is 0 Å². The van der Waals surface area contributed by atoms with Crippen molar-refractivity contribution in [3.05, 3.63) is 0 Å². The van der Waals surface area contributed by atoms with Crippen molar-refractivity contribution in [1.29, 1.82) is 0 Å². The van der Waals surface area contributed by atoms with Crippen LogP contribution in [-0.4, -0.2) is 43.3 Å². The van der Waals surface area contributed by atoms with Crippen molar-refractivity contribution < 1.29 is 0 Å². The minimum atomic E-state index is -1.31. The fourth-order valence-corrected chi connectivity index (χ4v) is 150. The van der Waals surface area contributed by atoms with Crippen LogP contribution in [0, 0.1) is 0 Å². The molecule has 0 amide bonds. The van der Waals surface area contributed by atoms with E-state index in [1.54, 1.807) is 0 Å². The summed E-state index contributed by atoms with van der Waals surface area (Å²) in [5.74, 6) is 0. The molecule has 0 saturated carbocycles. The van der Waals surface area contributed by atoms with Crippen LogP contribution in [0.3, 0.4) is 0 Å². The van der Waals surface area contributed by atoms with E-state index < -0.39 is 43.2 Å². The molecule has 0 bridgehead atoms. The second-order valence-corrected chi connectivity index (χ2v) is 66.7. The summed E-state index contributed by atoms with van der Waals surface area (Å²) in [7, 11) is -5.23. The standard InChI is InChI=1S/C20H54B2P2Si4/c1-19(2,3)21-23(25(7,8)9,26(10,11)12)22(20(4,5)6)24(21,27(13,14)15)28(16,17)18/h1-18H3/q+2. The average Bonchev–Trinajstić information content (AvgIpc) is 2.13. The molecule has 1 rings (SSSR count). The van der Waals surface area contributed by atoms with Gasteiger partial charge in [0.1, 0.15) is 0 Å². The Morgan fingerprint density at radius 1 is 0.393 bits per heavy atom. The van der Waals surface area contributed by atoms with Gasteiger partial charge in [-0.05, 0) is 78.6 Å². The maximum atomic E-state index is 2.80. The lowest BCUT2D eigenvalue weighted by molar-refractivity contribution is 0.751. The summed E-state index contributed by atoms with van der Waals surface area (Å²) in [4.78, 5) is 0. The minimum absolute atomic E-state index is 0.477. The Morgan fingerprint density at radius 2 is 0.536 bits per heavy atom. The third kappa shape index (κ3) is 3.68. The molecular weight excluding hydrogens is 436 g/mol.